The van der Waals surface area contributed by atoms with E-state index in [1.165, 1.54) is 0 Å². The Morgan fingerprint density at radius 2 is 2.18 bits per heavy atom. The van der Waals surface area contributed by atoms with Crippen LogP contribution in [0, 0.1) is 12.3 Å². The summed E-state index contributed by atoms with van der Waals surface area (Å²) in [7, 11) is 0. The molecule has 0 saturated heterocycles. The first-order valence-corrected chi connectivity index (χ1v) is 3.19. The highest BCUT2D eigenvalue weighted by Crippen LogP contribution is 2.10. The lowest BCUT2D eigenvalue weighted by atomic mass is 10.3. The summed E-state index contributed by atoms with van der Waals surface area (Å²) in [4.78, 5) is 3.85. The molecule has 4 nitrogen and oxygen atoms in total. The molecule has 1 aliphatic rings. The largest absolute Gasteiger partial charge is 0.429 e. The molecule has 2 rings (SSSR count). The molecule has 53 valence electrons. The lowest BCUT2D eigenvalue weighted by molar-refractivity contribution is 0.682. The number of hydrogen-bond acceptors (Lipinski definition) is 3. The third-order valence-electron chi connectivity index (χ3n) is 1.31. The van der Waals surface area contributed by atoms with Crippen LogP contribution in [0.15, 0.2) is 24.3 Å². The van der Waals surface area contributed by atoms with E-state index in [2.05, 4.69) is 28.2 Å². The van der Waals surface area contributed by atoms with Gasteiger partial charge in [-0.05, 0) is 33.8 Å². The third-order valence-corrected chi connectivity index (χ3v) is 1.31. The molecule has 11 heavy (non-hydrogen) atoms. The summed E-state index contributed by atoms with van der Waals surface area (Å²) in [6.07, 6.45) is 2.55. The van der Waals surface area contributed by atoms with Gasteiger partial charge in [0.2, 0.25) is 0 Å². The van der Waals surface area contributed by atoms with Gasteiger partial charge in [0.05, 0.1) is 0 Å². The molecular formula is C7H6N4+. The van der Waals surface area contributed by atoms with Crippen molar-refractivity contribution >= 4 is 5.69 Å². The summed E-state index contributed by atoms with van der Waals surface area (Å²) in [6, 6.07) is 10.4. The van der Waals surface area contributed by atoms with Crippen LogP contribution in [0.2, 0.25) is 0 Å². The van der Waals surface area contributed by atoms with Crippen molar-refractivity contribution in [3.63, 3.8) is 0 Å². The molecule has 0 fully saturated rings. The molecule has 4 heteroatoms. The van der Waals surface area contributed by atoms with Crippen LogP contribution in [0.5, 0.6) is 0 Å². The lowest BCUT2D eigenvalue weighted by Gasteiger charge is -2.01. The van der Waals surface area contributed by atoms with Crippen LogP contribution in [0.4, 0.5) is 5.69 Å². The van der Waals surface area contributed by atoms with Gasteiger partial charge in [0.25, 0.3) is 0 Å². The smallest absolute Gasteiger partial charge is 0.119 e. The van der Waals surface area contributed by atoms with Gasteiger partial charge in [-0.3, -0.25) is 0 Å². The fraction of sp³-hybridized carbons (Fsp3) is 0. The van der Waals surface area contributed by atoms with Crippen molar-refractivity contribution in [3.8, 4) is 6.19 Å². The van der Waals surface area contributed by atoms with E-state index in [1.54, 1.807) is 5.12 Å². The van der Waals surface area contributed by atoms with Crippen LogP contribution in [0.1, 0.15) is 0 Å². The van der Waals surface area contributed by atoms with E-state index in [4.69, 9.17) is 0 Å². The van der Waals surface area contributed by atoms with Gasteiger partial charge in [0.15, 0.2) is 0 Å². The Labute approximate surface area is 64.2 Å². The van der Waals surface area contributed by atoms with Crippen LogP contribution in [0.3, 0.4) is 0 Å². The van der Waals surface area contributed by atoms with Crippen LogP contribution in [-0.2, 0) is 0 Å². The monoisotopic (exact) mass is 146 g/mol. The molecule has 1 aromatic rings. The number of benzene rings is 1. The molecule has 0 saturated carbocycles. The van der Waals surface area contributed by atoms with Crippen molar-refractivity contribution in [2.45, 2.75) is 0 Å². The fourth-order valence-corrected chi connectivity index (χ4v) is 0.820. The first-order valence-electron chi connectivity index (χ1n) is 3.19. The number of nitrogens with zero attached hydrogens (tertiary/aromatic N) is 2. The zero-order chi connectivity index (χ0) is 7.52. The molecule has 0 amide bonds. The topological polar surface area (TPSA) is 31.7 Å². The van der Waals surface area contributed by atoms with Crippen LogP contribution < -0.4 is 16.1 Å². The third kappa shape index (κ3) is 1.09. The van der Waals surface area contributed by atoms with Crippen LogP contribution in [0.25, 0.3) is 4.95 Å². The molecule has 0 atom stereocenters. The predicted octanol–water partition coefficient (Wildman–Crippen LogP) is 0.521. The highest BCUT2D eigenvalue weighted by molar-refractivity contribution is 5.46. The zero-order valence-corrected chi connectivity index (χ0v) is 5.70. The normalized spacial score (nSPS) is 13.6. The van der Waals surface area contributed by atoms with Gasteiger partial charge >= 0.3 is 6.19 Å². The maximum absolute atomic E-state index is 3.85. The molecular weight excluding hydrogens is 140 g/mol. The zero-order valence-electron chi connectivity index (χ0n) is 5.70. The Hall–Kier alpha value is -1.73. The van der Waals surface area contributed by atoms with E-state index in [9.17, 15) is 0 Å². The average molecular weight is 146 g/mol. The molecule has 1 aliphatic heterocycles. The number of anilines is 1. The molecule has 0 spiro atoms. The van der Waals surface area contributed by atoms with Gasteiger partial charge in [-0.25, -0.2) is 0 Å². The van der Waals surface area contributed by atoms with Gasteiger partial charge < -0.3 is 0 Å². The number of nitrogens with one attached hydrogen (secondary N) is 2. The van der Waals surface area contributed by atoms with Crippen molar-refractivity contribution in [3.05, 3.63) is 35.3 Å². The first kappa shape index (κ1) is 6.01. The molecule has 1 heterocycles. The maximum Gasteiger partial charge on any atom is 0.429 e. The van der Waals surface area contributed by atoms with Gasteiger partial charge in [0, 0.05) is 0 Å². The molecule has 2 N–H and O–H groups in total. The van der Waals surface area contributed by atoms with Gasteiger partial charge in [0.1, 0.15) is 5.69 Å². The summed E-state index contributed by atoms with van der Waals surface area (Å²) in [5.41, 5.74) is 6.33. The van der Waals surface area contributed by atoms with Gasteiger partial charge in [-0.15, -0.1) is 5.43 Å². The molecule has 0 aromatic heterocycles. The predicted molar refractivity (Wildman–Crippen MR) is 41.3 cm³/mol. The Balaban J connectivity index is 2.25. The molecule has 1 aromatic carbocycles. The second-order valence-corrected chi connectivity index (χ2v) is 2.02. The van der Waals surface area contributed by atoms with Crippen molar-refractivity contribution in [2.24, 2.45) is 0 Å². The molecule has 1 radical (unpaired) electrons. The highest BCUT2D eigenvalue weighted by Gasteiger charge is 2.14. The van der Waals surface area contributed by atoms with Crippen LogP contribution >= 0.6 is 0 Å². The summed E-state index contributed by atoms with van der Waals surface area (Å²) in [6.45, 7) is 0. The van der Waals surface area contributed by atoms with E-state index in [0.29, 0.717) is 0 Å². The van der Waals surface area contributed by atoms with E-state index in [-0.39, 0.29) is 0 Å². The lowest BCUT2D eigenvalue weighted by Crippen LogP contribution is -2.35. The van der Waals surface area contributed by atoms with Crippen LogP contribution in [-0.4, -0.2) is 0 Å². The standard InChI is InChI=1S/C7H5N4/c1-2-4-7(5-3-1)11-9-6-8-10-11/h2-5,10H/p+1. The van der Waals surface area contributed by atoms with Crippen molar-refractivity contribution in [2.75, 3.05) is 5.12 Å². The summed E-state index contributed by atoms with van der Waals surface area (Å²) in [5, 5.41) is 1.58. The number of hydrogen-bond donors (Lipinski definition) is 2. The minimum atomic E-state index is 0.946. The maximum atomic E-state index is 3.85. The van der Waals surface area contributed by atoms with E-state index >= 15 is 0 Å². The fourth-order valence-electron chi connectivity index (χ4n) is 0.820. The first-order chi connectivity index (χ1) is 5.47. The molecule has 0 unspecified atom stereocenters. The van der Waals surface area contributed by atoms with Crippen molar-refractivity contribution in [1.29, 1.82) is 0 Å². The van der Waals surface area contributed by atoms with Gasteiger partial charge in [-0.1, -0.05) is 12.1 Å². The summed E-state index contributed by atoms with van der Waals surface area (Å²) in [5.74, 6) is 0. The Morgan fingerprint density at radius 1 is 1.36 bits per heavy atom. The average Bonchev–Trinajstić information content (AvgIpc) is 2.58. The quantitative estimate of drug-likeness (QED) is 0.566. The Kier molecular flexibility index (Phi) is 1.36. The number of hydrazine groups is 2. The highest BCUT2D eigenvalue weighted by atomic mass is 15.8. The summed E-state index contributed by atoms with van der Waals surface area (Å²) < 4.78 is 0. The van der Waals surface area contributed by atoms with E-state index in [0.717, 1.165) is 5.69 Å². The van der Waals surface area contributed by atoms with Gasteiger partial charge in [-0.2, -0.15) is 0 Å². The van der Waals surface area contributed by atoms with Crippen molar-refractivity contribution < 1.29 is 0 Å². The Bertz CT molecular complexity index is 297. The Morgan fingerprint density at radius 3 is 2.82 bits per heavy atom. The minimum Gasteiger partial charge on any atom is -0.119 e. The second-order valence-electron chi connectivity index (χ2n) is 2.02. The van der Waals surface area contributed by atoms with E-state index < -0.39 is 0 Å². The second kappa shape index (κ2) is 2.48. The molecule has 0 aliphatic carbocycles. The number of rotatable bonds is 1. The molecule has 0 bridgehead atoms. The van der Waals surface area contributed by atoms with E-state index in [1.807, 2.05) is 24.3 Å². The SMILES string of the molecule is C1#[N+]N(c2cc[c]cc2)NN1. The van der Waals surface area contributed by atoms with Crippen molar-refractivity contribution in [1.82, 2.24) is 11.0 Å². The summed E-state index contributed by atoms with van der Waals surface area (Å²) >= 11 is 0. The minimum absolute atomic E-state index is 0.946.